The fourth-order valence-corrected chi connectivity index (χ4v) is 8.03. The average Bonchev–Trinajstić information content (AvgIpc) is 3.63. The normalized spacial score (nSPS) is 27.0. The van der Waals surface area contributed by atoms with Crippen LogP contribution in [0.4, 0.5) is 14.5 Å². The molecule has 2 bridgehead atoms. The van der Waals surface area contributed by atoms with Crippen LogP contribution >= 0.6 is 11.6 Å². The highest BCUT2D eigenvalue weighted by Crippen LogP contribution is 2.41. The number of anilines is 1. The predicted molar refractivity (Wildman–Crippen MR) is 160 cm³/mol. The Bertz CT molecular complexity index is 1830. The molecule has 2 aromatic heterocycles. The second-order valence-corrected chi connectivity index (χ2v) is 12.8. The molecule has 4 aromatic rings. The average molecular weight is 609 g/mol. The van der Waals surface area contributed by atoms with Crippen molar-refractivity contribution in [2.75, 3.05) is 37.7 Å². The molecule has 2 unspecified atom stereocenters. The third kappa shape index (κ3) is 4.43. The predicted octanol–water partition coefficient (Wildman–Crippen LogP) is 4.33. The van der Waals surface area contributed by atoms with Crippen LogP contribution in [0.2, 0.25) is 5.02 Å². The number of benzene rings is 2. The number of nitrogens with one attached hydrogen (secondary N) is 1. The van der Waals surface area contributed by atoms with Crippen molar-refractivity contribution in [3.8, 4) is 17.3 Å². The summed E-state index contributed by atoms with van der Waals surface area (Å²) in [5.41, 5.74) is 0.148. The molecule has 0 amide bonds. The van der Waals surface area contributed by atoms with Gasteiger partial charge in [-0.25, -0.2) is 13.8 Å². The third-order valence-corrected chi connectivity index (χ3v) is 10.1. The molecule has 0 aliphatic carbocycles. The molecule has 0 saturated carbocycles. The Labute approximate surface area is 251 Å². The van der Waals surface area contributed by atoms with Gasteiger partial charge in [-0.05, 0) is 49.7 Å². The lowest BCUT2D eigenvalue weighted by Crippen LogP contribution is -2.51. The molecule has 8 rings (SSSR count). The number of fused-ring (bicyclic) bond motifs is 5. The molecule has 0 radical (unpaired) electrons. The summed E-state index contributed by atoms with van der Waals surface area (Å²) in [7, 11) is 0. The Morgan fingerprint density at radius 1 is 1.14 bits per heavy atom. The number of phenolic OH excluding ortho intramolecular Hbond substituents is 1. The van der Waals surface area contributed by atoms with Crippen molar-refractivity contribution < 1.29 is 18.6 Å². The van der Waals surface area contributed by atoms with Gasteiger partial charge >= 0.3 is 0 Å². The van der Waals surface area contributed by atoms with Crippen LogP contribution < -0.4 is 20.5 Å². The highest BCUT2D eigenvalue weighted by molar-refractivity contribution is 6.36. The molecule has 4 fully saturated rings. The molecule has 4 saturated heterocycles. The topological polar surface area (TPSA) is 95.8 Å². The zero-order chi connectivity index (χ0) is 29.5. The van der Waals surface area contributed by atoms with Gasteiger partial charge in [0.2, 0.25) is 5.88 Å². The second kappa shape index (κ2) is 10.0. The first kappa shape index (κ1) is 27.0. The molecule has 2 aromatic carbocycles. The van der Waals surface area contributed by atoms with Gasteiger partial charge in [-0.15, -0.1) is 0 Å². The van der Waals surface area contributed by atoms with Crippen molar-refractivity contribution in [1.29, 1.82) is 0 Å². The highest BCUT2D eigenvalue weighted by atomic mass is 35.5. The number of nitrogens with zero attached hydrogens (tertiary/aromatic N) is 5. The van der Waals surface area contributed by atoms with Crippen molar-refractivity contribution in [3.63, 3.8) is 0 Å². The van der Waals surface area contributed by atoms with Crippen LogP contribution in [0.1, 0.15) is 32.1 Å². The largest absolute Gasteiger partial charge is 0.508 e. The Morgan fingerprint density at radius 2 is 1.95 bits per heavy atom. The van der Waals surface area contributed by atoms with Crippen LogP contribution in [-0.2, 0) is 0 Å². The van der Waals surface area contributed by atoms with Gasteiger partial charge in [-0.3, -0.25) is 9.69 Å². The first-order valence-electron chi connectivity index (χ1n) is 14.9. The molecular weight excluding hydrogens is 578 g/mol. The van der Waals surface area contributed by atoms with Crippen LogP contribution in [0.15, 0.2) is 41.3 Å². The maximum Gasteiger partial charge on any atom is 0.298 e. The minimum absolute atomic E-state index is 0.121. The van der Waals surface area contributed by atoms with Gasteiger partial charge < -0.3 is 20.1 Å². The molecule has 4 aliphatic heterocycles. The number of ether oxygens (including phenoxy) is 1. The number of rotatable bonds is 5. The quantitative estimate of drug-likeness (QED) is 0.346. The Morgan fingerprint density at radius 3 is 2.77 bits per heavy atom. The van der Waals surface area contributed by atoms with E-state index >= 15 is 0 Å². The molecule has 9 nitrogen and oxygen atoms in total. The van der Waals surface area contributed by atoms with Crippen molar-refractivity contribution >= 4 is 39.0 Å². The number of halogens is 3. The summed E-state index contributed by atoms with van der Waals surface area (Å²) in [5.74, 6) is -0.483. The van der Waals surface area contributed by atoms with E-state index in [0.29, 0.717) is 35.8 Å². The zero-order valence-corrected chi connectivity index (χ0v) is 24.2. The van der Waals surface area contributed by atoms with Crippen LogP contribution in [0.5, 0.6) is 11.6 Å². The number of aromatic hydroxyl groups is 1. The van der Waals surface area contributed by atoms with Crippen molar-refractivity contribution in [2.45, 2.75) is 55.9 Å². The smallest absolute Gasteiger partial charge is 0.298 e. The first-order chi connectivity index (χ1) is 20.8. The molecule has 4 atom stereocenters. The van der Waals surface area contributed by atoms with Gasteiger partial charge in [0.05, 0.1) is 28.1 Å². The minimum atomic E-state index is -0.882. The standard InChI is InChI=1S/C31H31ClF2N6O3/c32-28-23(34)5-2-17-8-21(41)9-25(27(17)28)40-30(42)29-22(12-35-40)24(38-14-19-3-4-20(15-38)36-19)10-26(37-29)43-16-31-6-1-7-39(31)13-18(33)11-31/h2,5,8-10,12,18-20,36,41H,1,3-4,6-7,11,13-16H2/t18-,19?,20?,31+/m1/s1. The number of piperazine rings is 1. The Hall–Kier alpha value is -3.54. The number of phenols is 1. The first-order valence-corrected chi connectivity index (χ1v) is 15.2. The molecule has 0 spiro atoms. The summed E-state index contributed by atoms with van der Waals surface area (Å²) >= 11 is 6.37. The summed E-state index contributed by atoms with van der Waals surface area (Å²) in [6.45, 7) is 3.09. The molecule has 6 heterocycles. The molecule has 224 valence electrons. The lowest BCUT2D eigenvalue weighted by Gasteiger charge is -2.35. The number of pyridine rings is 1. The highest BCUT2D eigenvalue weighted by Gasteiger charge is 2.49. The SMILES string of the molecule is O=c1c2nc(OC[C@@]34CCCN3C[C@H](F)C4)cc(N3CC4CCC(C3)N4)c2cnn1-c1cc(O)cc2ccc(F)c(Cl)c12. The maximum absolute atomic E-state index is 14.5. The lowest BCUT2D eigenvalue weighted by atomic mass is 9.95. The van der Waals surface area contributed by atoms with Gasteiger partial charge in [0.1, 0.15) is 29.9 Å². The van der Waals surface area contributed by atoms with Crippen LogP contribution in [0, 0.1) is 5.82 Å². The number of hydrogen-bond donors (Lipinski definition) is 2. The molecule has 2 N–H and O–H groups in total. The number of aromatic nitrogens is 3. The maximum atomic E-state index is 14.5. The van der Waals surface area contributed by atoms with Gasteiger partial charge in [0, 0.05) is 61.0 Å². The zero-order valence-electron chi connectivity index (χ0n) is 23.4. The lowest BCUT2D eigenvalue weighted by molar-refractivity contribution is 0.111. The summed E-state index contributed by atoms with van der Waals surface area (Å²) in [6.07, 6.45) is 5.14. The van der Waals surface area contributed by atoms with Crippen LogP contribution in [-0.4, -0.2) is 81.4 Å². The number of hydrogen-bond acceptors (Lipinski definition) is 8. The fraction of sp³-hybridized carbons (Fsp3) is 0.452. The van der Waals surface area contributed by atoms with E-state index in [-0.39, 0.29) is 45.4 Å². The van der Waals surface area contributed by atoms with Crippen molar-refractivity contribution in [1.82, 2.24) is 25.0 Å². The van der Waals surface area contributed by atoms with E-state index in [9.17, 15) is 18.7 Å². The Balaban J connectivity index is 1.27. The van der Waals surface area contributed by atoms with Gasteiger partial charge in [0.25, 0.3) is 5.56 Å². The van der Waals surface area contributed by atoms with Crippen LogP contribution in [0.25, 0.3) is 27.4 Å². The van der Waals surface area contributed by atoms with E-state index in [1.807, 2.05) is 6.07 Å². The summed E-state index contributed by atoms with van der Waals surface area (Å²) in [6, 6.07) is 8.06. The Kier molecular flexibility index (Phi) is 6.29. The number of alkyl halides is 1. The second-order valence-electron chi connectivity index (χ2n) is 12.4. The van der Waals surface area contributed by atoms with Crippen molar-refractivity contribution in [2.24, 2.45) is 0 Å². The van der Waals surface area contributed by atoms with E-state index in [0.717, 1.165) is 55.7 Å². The van der Waals surface area contributed by atoms with Gasteiger partial charge in [0.15, 0.2) is 0 Å². The van der Waals surface area contributed by atoms with E-state index in [1.54, 1.807) is 6.20 Å². The van der Waals surface area contributed by atoms with Gasteiger partial charge in [-0.1, -0.05) is 17.7 Å². The summed E-state index contributed by atoms with van der Waals surface area (Å²) in [5, 5.41) is 19.7. The van der Waals surface area contributed by atoms with Crippen LogP contribution in [0.3, 0.4) is 0 Å². The van der Waals surface area contributed by atoms with Gasteiger partial charge in [-0.2, -0.15) is 9.78 Å². The monoisotopic (exact) mass is 608 g/mol. The van der Waals surface area contributed by atoms with E-state index in [4.69, 9.17) is 16.3 Å². The molecule has 12 heteroatoms. The van der Waals surface area contributed by atoms with Crippen molar-refractivity contribution in [3.05, 3.63) is 57.7 Å². The van der Waals surface area contributed by atoms with E-state index < -0.39 is 17.5 Å². The third-order valence-electron chi connectivity index (χ3n) is 9.72. The summed E-state index contributed by atoms with van der Waals surface area (Å²) in [4.78, 5) is 23.3. The minimum Gasteiger partial charge on any atom is -0.508 e. The summed E-state index contributed by atoms with van der Waals surface area (Å²) < 4.78 is 36.4. The van der Waals surface area contributed by atoms with E-state index in [1.165, 1.54) is 24.3 Å². The molecule has 43 heavy (non-hydrogen) atoms. The fourth-order valence-electron chi connectivity index (χ4n) is 7.76. The molecule has 4 aliphatic rings. The van der Waals surface area contributed by atoms with E-state index in [2.05, 4.69) is 25.2 Å². The molecular formula is C31H31ClF2N6O3.